The van der Waals surface area contributed by atoms with E-state index in [1.165, 1.54) is 0 Å². The molecule has 192 valence electrons. The van der Waals surface area contributed by atoms with E-state index in [1.807, 2.05) is 22.9 Å². The number of nitrogens with zero attached hydrogens (tertiary/aromatic N) is 4. The van der Waals surface area contributed by atoms with Crippen molar-refractivity contribution in [3.05, 3.63) is 35.2 Å². The van der Waals surface area contributed by atoms with Gasteiger partial charge in [0.15, 0.2) is 0 Å². The second kappa shape index (κ2) is 9.81. The van der Waals surface area contributed by atoms with Gasteiger partial charge in [-0.15, -0.1) is 5.01 Å². The summed E-state index contributed by atoms with van der Waals surface area (Å²) in [5.74, 6) is 1.39. The van der Waals surface area contributed by atoms with E-state index in [0.717, 1.165) is 56.5 Å². The van der Waals surface area contributed by atoms with Crippen LogP contribution in [-0.2, 0) is 14.8 Å². The summed E-state index contributed by atoms with van der Waals surface area (Å²) in [5, 5.41) is 1.91. The minimum absolute atomic E-state index is 0.0424. The van der Waals surface area contributed by atoms with Crippen LogP contribution >= 0.6 is 0 Å². The number of hydrogen-bond donors (Lipinski definition) is 0. The first kappa shape index (κ1) is 24.7. The molecule has 1 aromatic carbocycles. The van der Waals surface area contributed by atoms with Crippen molar-refractivity contribution in [2.24, 2.45) is 23.7 Å². The van der Waals surface area contributed by atoms with E-state index >= 15 is 0 Å². The number of piperidine rings is 3. The SMILES string of the molecule is CC1CCN(C(=O)C2C3CC(C4CCN(S(=O)(=O)c5ccccc5)CC4)CCN3[N+](=O)C2C)CC1. The minimum Gasteiger partial charge on any atom is -0.342 e. The largest absolute Gasteiger partial charge is 0.342 e. The van der Waals surface area contributed by atoms with Crippen LogP contribution in [0.2, 0.25) is 0 Å². The van der Waals surface area contributed by atoms with Gasteiger partial charge in [-0.25, -0.2) is 8.42 Å². The molecule has 0 N–H and O–H groups in total. The number of nitroso groups, excluding NO2 is 1. The molecule has 0 saturated carbocycles. The van der Waals surface area contributed by atoms with Crippen molar-refractivity contribution in [3.63, 3.8) is 0 Å². The Morgan fingerprint density at radius 2 is 1.51 bits per heavy atom. The van der Waals surface area contributed by atoms with Gasteiger partial charge in [0.05, 0.1) is 16.3 Å². The topological polar surface area (TPSA) is 81.0 Å². The van der Waals surface area contributed by atoms with Gasteiger partial charge in [-0.05, 0) is 68.4 Å². The molecule has 4 saturated heterocycles. The number of carbonyl (C=O) groups excluding carboxylic acids is 1. The van der Waals surface area contributed by atoms with Crippen LogP contribution in [0, 0.1) is 28.6 Å². The number of fused-ring (bicyclic) bond motifs is 1. The zero-order chi connectivity index (χ0) is 24.7. The summed E-state index contributed by atoms with van der Waals surface area (Å²) in [7, 11) is -3.45. The predicted molar refractivity (Wildman–Crippen MR) is 133 cm³/mol. The molecule has 4 atom stereocenters. The van der Waals surface area contributed by atoms with Crippen molar-refractivity contribution in [2.75, 3.05) is 32.7 Å². The molecule has 0 bridgehead atoms. The molecule has 0 spiro atoms. The first-order valence-electron chi connectivity index (χ1n) is 13.3. The predicted octanol–water partition coefficient (Wildman–Crippen LogP) is 3.14. The van der Waals surface area contributed by atoms with E-state index in [1.54, 1.807) is 28.6 Å². The Bertz CT molecular complexity index is 1030. The van der Waals surface area contributed by atoms with Crippen LogP contribution in [-0.4, -0.2) is 78.2 Å². The monoisotopic (exact) mass is 503 g/mol. The fraction of sp³-hybridized carbons (Fsp3) is 0.731. The molecule has 8 nitrogen and oxygen atoms in total. The fourth-order valence-corrected chi connectivity index (χ4v) is 8.34. The summed E-state index contributed by atoms with van der Waals surface area (Å²) < 4.78 is 27.7. The first-order valence-corrected chi connectivity index (χ1v) is 14.8. The van der Waals surface area contributed by atoms with E-state index < -0.39 is 10.0 Å². The summed E-state index contributed by atoms with van der Waals surface area (Å²) in [6.45, 7) is 7.49. The highest BCUT2D eigenvalue weighted by molar-refractivity contribution is 7.89. The Balaban J connectivity index is 1.24. The number of likely N-dealkylation sites (tertiary alicyclic amines) is 1. The Hall–Kier alpha value is -2.00. The molecule has 35 heavy (non-hydrogen) atoms. The van der Waals surface area contributed by atoms with Crippen molar-refractivity contribution < 1.29 is 18.1 Å². The highest BCUT2D eigenvalue weighted by Gasteiger charge is 2.59. The van der Waals surface area contributed by atoms with E-state index in [9.17, 15) is 18.1 Å². The maximum atomic E-state index is 13.5. The molecule has 1 aromatic rings. The molecular formula is C26H39N4O4S+. The van der Waals surface area contributed by atoms with Crippen molar-refractivity contribution in [1.82, 2.24) is 14.2 Å². The molecule has 4 aliphatic heterocycles. The number of amides is 1. The highest BCUT2D eigenvalue weighted by atomic mass is 32.2. The van der Waals surface area contributed by atoms with E-state index in [0.29, 0.717) is 42.3 Å². The van der Waals surface area contributed by atoms with Gasteiger partial charge in [-0.1, -0.05) is 25.1 Å². The number of hydrazine groups is 1. The van der Waals surface area contributed by atoms with Crippen molar-refractivity contribution in [2.45, 2.75) is 69.4 Å². The van der Waals surface area contributed by atoms with Crippen LogP contribution in [0.4, 0.5) is 0 Å². The van der Waals surface area contributed by atoms with Gasteiger partial charge in [-0.3, -0.25) is 4.79 Å². The molecule has 0 aromatic heterocycles. The quantitative estimate of drug-likeness (QED) is 0.590. The smallest absolute Gasteiger partial charge is 0.245 e. The van der Waals surface area contributed by atoms with E-state index in [4.69, 9.17) is 0 Å². The first-order chi connectivity index (χ1) is 16.8. The van der Waals surface area contributed by atoms with E-state index in [2.05, 4.69) is 6.92 Å². The summed E-state index contributed by atoms with van der Waals surface area (Å²) in [4.78, 5) is 29.9. The normalized spacial score (nSPS) is 31.5. The fourth-order valence-electron chi connectivity index (χ4n) is 6.85. The highest BCUT2D eigenvalue weighted by Crippen LogP contribution is 2.42. The second-order valence-corrected chi connectivity index (χ2v) is 13.1. The summed E-state index contributed by atoms with van der Waals surface area (Å²) in [5.41, 5.74) is 0. The van der Waals surface area contributed by atoms with Gasteiger partial charge in [0.1, 0.15) is 16.8 Å². The van der Waals surface area contributed by atoms with E-state index in [-0.39, 0.29) is 23.9 Å². The molecule has 4 heterocycles. The maximum absolute atomic E-state index is 13.5. The van der Waals surface area contributed by atoms with Crippen molar-refractivity contribution in [3.8, 4) is 0 Å². The van der Waals surface area contributed by atoms with Gasteiger partial charge in [0, 0.05) is 33.1 Å². The van der Waals surface area contributed by atoms with Crippen LogP contribution in [0.5, 0.6) is 0 Å². The molecule has 0 aliphatic carbocycles. The Kier molecular flexibility index (Phi) is 6.92. The molecule has 4 fully saturated rings. The summed E-state index contributed by atoms with van der Waals surface area (Å²) in [6.07, 6.45) is 5.52. The maximum Gasteiger partial charge on any atom is 0.245 e. The van der Waals surface area contributed by atoms with Gasteiger partial charge < -0.3 is 4.90 Å². The average Bonchev–Trinajstić information content (AvgIpc) is 3.13. The number of benzene rings is 1. The minimum atomic E-state index is -3.45. The summed E-state index contributed by atoms with van der Waals surface area (Å²) in [6, 6.07) is 8.30. The standard InChI is InChI=1S/C26H39N4O4S/c1-19-8-13-27(14-9-19)26(31)25-20(2)30(32)29-17-12-22(18-24(25)29)21-10-15-28(16-11-21)35(33,34)23-6-4-3-5-7-23/h3-7,19-22,24-25H,8-18H2,1-2H3/q+1. The Labute approximate surface area is 209 Å². The Morgan fingerprint density at radius 3 is 2.17 bits per heavy atom. The van der Waals surface area contributed by atoms with Crippen molar-refractivity contribution >= 4 is 15.9 Å². The third kappa shape index (κ3) is 4.61. The molecule has 1 amide bonds. The lowest BCUT2D eigenvalue weighted by Gasteiger charge is -2.40. The third-order valence-electron chi connectivity index (χ3n) is 9.12. The lowest BCUT2D eigenvalue weighted by atomic mass is 9.74. The van der Waals surface area contributed by atoms with Gasteiger partial charge in [0.25, 0.3) is 0 Å². The number of sulfonamides is 1. The van der Waals surface area contributed by atoms with Crippen LogP contribution in [0.1, 0.15) is 52.4 Å². The molecule has 4 aliphatic rings. The molecular weight excluding hydrogens is 464 g/mol. The lowest BCUT2D eigenvalue weighted by Crippen LogP contribution is -2.50. The number of carbonyl (C=O) groups is 1. The van der Waals surface area contributed by atoms with Crippen LogP contribution in [0.25, 0.3) is 0 Å². The zero-order valence-corrected chi connectivity index (χ0v) is 21.8. The molecule has 0 radical (unpaired) electrons. The summed E-state index contributed by atoms with van der Waals surface area (Å²) >= 11 is 0. The van der Waals surface area contributed by atoms with Crippen LogP contribution in [0.3, 0.4) is 0 Å². The van der Waals surface area contributed by atoms with Crippen LogP contribution < -0.4 is 0 Å². The van der Waals surface area contributed by atoms with Crippen LogP contribution in [0.15, 0.2) is 35.2 Å². The average molecular weight is 504 g/mol. The van der Waals surface area contributed by atoms with Gasteiger partial charge in [-0.2, -0.15) is 4.31 Å². The van der Waals surface area contributed by atoms with Gasteiger partial charge >= 0.3 is 0 Å². The van der Waals surface area contributed by atoms with Crippen molar-refractivity contribution in [1.29, 1.82) is 0 Å². The molecule has 9 heteroatoms. The number of hydrogen-bond acceptors (Lipinski definition) is 4. The number of rotatable bonds is 4. The second-order valence-electron chi connectivity index (χ2n) is 11.1. The zero-order valence-electron chi connectivity index (χ0n) is 21.0. The van der Waals surface area contributed by atoms with Gasteiger partial charge in [0.2, 0.25) is 22.0 Å². The Morgan fingerprint density at radius 1 is 0.886 bits per heavy atom. The third-order valence-corrected chi connectivity index (χ3v) is 11.0. The lowest BCUT2D eigenvalue weighted by molar-refractivity contribution is -0.716. The molecule has 5 rings (SSSR count). The molecule has 4 unspecified atom stereocenters.